The minimum absolute atomic E-state index is 0.362. The van der Waals surface area contributed by atoms with Gasteiger partial charge in [0, 0.05) is 11.7 Å². The fourth-order valence-electron chi connectivity index (χ4n) is 2.93. The zero-order valence-corrected chi connectivity index (χ0v) is 13.8. The van der Waals surface area contributed by atoms with E-state index in [0.29, 0.717) is 10.9 Å². The molecular formula is C16H26N2O2S. The molecule has 5 heteroatoms. The third kappa shape index (κ3) is 4.45. The van der Waals surface area contributed by atoms with E-state index < -0.39 is 10.0 Å². The van der Waals surface area contributed by atoms with Crippen LogP contribution in [0.2, 0.25) is 0 Å². The SMILES string of the molecule is CNS(=O)(=O)c1cc(NC2CCCCCCC2)ccc1C. The molecule has 1 aliphatic rings. The first-order valence-electron chi connectivity index (χ1n) is 7.83. The lowest BCUT2D eigenvalue weighted by molar-refractivity contribution is 0.471. The minimum atomic E-state index is -3.40. The second kappa shape index (κ2) is 7.27. The van der Waals surface area contributed by atoms with Crippen molar-refractivity contribution in [2.45, 2.75) is 62.8 Å². The molecule has 0 heterocycles. The third-order valence-corrected chi connectivity index (χ3v) is 5.78. The van der Waals surface area contributed by atoms with Gasteiger partial charge in [0.25, 0.3) is 0 Å². The van der Waals surface area contributed by atoms with E-state index in [1.165, 1.54) is 52.0 Å². The van der Waals surface area contributed by atoms with Gasteiger partial charge in [-0.25, -0.2) is 13.1 Å². The predicted molar refractivity (Wildman–Crippen MR) is 87.2 cm³/mol. The van der Waals surface area contributed by atoms with Crippen LogP contribution < -0.4 is 10.0 Å². The van der Waals surface area contributed by atoms with Gasteiger partial charge in [0.1, 0.15) is 0 Å². The van der Waals surface area contributed by atoms with E-state index in [1.54, 1.807) is 6.07 Å². The zero-order chi connectivity index (χ0) is 15.3. The fourth-order valence-corrected chi connectivity index (χ4v) is 3.92. The number of aryl methyl sites for hydroxylation is 1. The van der Waals surface area contributed by atoms with Crippen LogP contribution in [0.15, 0.2) is 23.1 Å². The monoisotopic (exact) mass is 310 g/mol. The Kier molecular flexibility index (Phi) is 5.65. The van der Waals surface area contributed by atoms with E-state index in [1.807, 2.05) is 19.1 Å². The molecule has 118 valence electrons. The van der Waals surface area contributed by atoms with Gasteiger partial charge in [-0.2, -0.15) is 0 Å². The molecule has 0 bridgehead atoms. The Morgan fingerprint density at radius 2 is 1.67 bits per heavy atom. The predicted octanol–water partition coefficient (Wildman–Crippen LogP) is 3.43. The van der Waals surface area contributed by atoms with Crippen molar-refractivity contribution in [2.75, 3.05) is 12.4 Å². The molecule has 0 aromatic heterocycles. The minimum Gasteiger partial charge on any atom is -0.382 e. The highest BCUT2D eigenvalue weighted by atomic mass is 32.2. The van der Waals surface area contributed by atoms with E-state index >= 15 is 0 Å². The molecule has 2 rings (SSSR count). The molecule has 1 saturated carbocycles. The second-order valence-electron chi connectivity index (χ2n) is 5.87. The van der Waals surface area contributed by atoms with Gasteiger partial charge in [-0.15, -0.1) is 0 Å². The van der Waals surface area contributed by atoms with Crippen LogP contribution in [-0.2, 0) is 10.0 Å². The Morgan fingerprint density at radius 1 is 1.05 bits per heavy atom. The van der Waals surface area contributed by atoms with Crippen molar-refractivity contribution >= 4 is 15.7 Å². The van der Waals surface area contributed by atoms with Gasteiger partial charge in [0.2, 0.25) is 10.0 Å². The number of anilines is 1. The summed E-state index contributed by atoms with van der Waals surface area (Å²) in [6.07, 6.45) is 8.82. The highest BCUT2D eigenvalue weighted by Crippen LogP contribution is 2.24. The van der Waals surface area contributed by atoms with Crippen molar-refractivity contribution in [1.82, 2.24) is 4.72 Å². The Balaban J connectivity index is 2.15. The molecule has 0 spiro atoms. The van der Waals surface area contributed by atoms with Crippen LogP contribution in [0.3, 0.4) is 0 Å². The highest BCUT2D eigenvalue weighted by molar-refractivity contribution is 7.89. The van der Waals surface area contributed by atoms with Gasteiger partial charge >= 0.3 is 0 Å². The smallest absolute Gasteiger partial charge is 0.240 e. The molecule has 2 N–H and O–H groups in total. The van der Waals surface area contributed by atoms with E-state index in [2.05, 4.69) is 10.0 Å². The van der Waals surface area contributed by atoms with Crippen LogP contribution in [0.4, 0.5) is 5.69 Å². The molecular weight excluding hydrogens is 284 g/mol. The van der Waals surface area contributed by atoms with Crippen molar-refractivity contribution in [3.8, 4) is 0 Å². The number of hydrogen-bond acceptors (Lipinski definition) is 3. The van der Waals surface area contributed by atoms with Gasteiger partial charge in [-0.3, -0.25) is 0 Å². The first-order valence-corrected chi connectivity index (χ1v) is 9.32. The number of benzene rings is 1. The van der Waals surface area contributed by atoms with Crippen molar-refractivity contribution < 1.29 is 8.42 Å². The Morgan fingerprint density at radius 3 is 2.29 bits per heavy atom. The summed E-state index contributed by atoms with van der Waals surface area (Å²) < 4.78 is 26.4. The van der Waals surface area contributed by atoms with Crippen LogP contribution in [-0.4, -0.2) is 21.5 Å². The molecule has 1 aromatic carbocycles. The maximum atomic E-state index is 12.0. The average Bonchev–Trinajstić information content (AvgIpc) is 2.43. The fraction of sp³-hybridized carbons (Fsp3) is 0.625. The second-order valence-corrected chi connectivity index (χ2v) is 7.73. The quantitative estimate of drug-likeness (QED) is 0.896. The first kappa shape index (κ1) is 16.3. The number of sulfonamides is 1. The Hall–Kier alpha value is -1.07. The first-order chi connectivity index (χ1) is 10.0. The Bertz CT molecular complexity index is 562. The van der Waals surface area contributed by atoms with Crippen LogP contribution in [0.25, 0.3) is 0 Å². The molecule has 0 aliphatic heterocycles. The lowest BCUT2D eigenvalue weighted by Gasteiger charge is -2.22. The van der Waals surface area contributed by atoms with Crippen molar-refractivity contribution in [1.29, 1.82) is 0 Å². The van der Waals surface area contributed by atoms with Gasteiger partial charge in [0.05, 0.1) is 4.90 Å². The Labute approximate surface area is 128 Å². The molecule has 0 radical (unpaired) electrons. The summed E-state index contributed by atoms with van der Waals surface area (Å²) in [4.78, 5) is 0.362. The summed E-state index contributed by atoms with van der Waals surface area (Å²) in [5, 5.41) is 3.52. The van der Waals surface area contributed by atoms with Crippen LogP contribution >= 0.6 is 0 Å². The van der Waals surface area contributed by atoms with Gasteiger partial charge in [-0.05, 0) is 44.5 Å². The number of hydrogen-bond donors (Lipinski definition) is 2. The summed E-state index contributed by atoms with van der Waals surface area (Å²) in [5.74, 6) is 0. The molecule has 0 amide bonds. The number of rotatable bonds is 4. The molecule has 0 unspecified atom stereocenters. The maximum Gasteiger partial charge on any atom is 0.240 e. The molecule has 4 nitrogen and oxygen atoms in total. The van der Waals surface area contributed by atoms with E-state index in [9.17, 15) is 8.42 Å². The largest absolute Gasteiger partial charge is 0.382 e. The molecule has 0 atom stereocenters. The summed E-state index contributed by atoms with van der Waals surface area (Å²) >= 11 is 0. The molecule has 1 fully saturated rings. The van der Waals surface area contributed by atoms with Crippen LogP contribution in [0, 0.1) is 6.92 Å². The maximum absolute atomic E-state index is 12.0. The summed E-state index contributed by atoms with van der Waals surface area (Å²) in [7, 11) is -1.95. The average molecular weight is 310 g/mol. The summed E-state index contributed by atoms with van der Waals surface area (Å²) in [6.45, 7) is 1.82. The van der Waals surface area contributed by atoms with Crippen molar-refractivity contribution in [3.05, 3.63) is 23.8 Å². The summed E-state index contributed by atoms with van der Waals surface area (Å²) in [5.41, 5.74) is 1.67. The molecule has 1 aliphatic carbocycles. The van der Waals surface area contributed by atoms with Crippen molar-refractivity contribution in [2.24, 2.45) is 0 Å². The van der Waals surface area contributed by atoms with Gasteiger partial charge < -0.3 is 5.32 Å². The third-order valence-electron chi connectivity index (χ3n) is 4.22. The van der Waals surface area contributed by atoms with Crippen LogP contribution in [0.5, 0.6) is 0 Å². The van der Waals surface area contributed by atoms with Crippen molar-refractivity contribution in [3.63, 3.8) is 0 Å². The zero-order valence-electron chi connectivity index (χ0n) is 13.0. The van der Waals surface area contributed by atoms with E-state index in [0.717, 1.165) is 11.3 Å². The lowest BCUT2D eigenvalue weighted by Crippen LogP contribution is -2.22. The normalized spacial score (nSPS) is 18.0. The lowest BCUT2D eigenvalue weighted by atomic mass is 9.96. The standard InChI is InChI=1S/C16H26N2O2S/c1-13-10-11-15(12-16(13)21(19,20)17-2)18-14-8-6-4-3-5-7-9-14/h10-12,14,17-18H,3-9H2,1-2H3. The number of nitrogens with one attached hydrogen (secondary N) is 2. The highest BCUT2D eigenvalue weighted by Gasteiger charge is 2.16. The topological polar surface area (TPSA) is 58.2 Å². The molecule has 0 saturated heterocycles. The van der Waals surface area contributed by atoms with E-state index in [4.69, 9.17) is 0 Å². The van der Waals surface area contributed by atoms with Gasteiger partial charge in [-0.1, -0.05) is 38.2 Å². The van der Waals surface area contributed by atoms with Crippen LogP contribution in [0.1, 0.15) is 50.5 Å². The van der Waals surface area contributed by atoms with Gasteiger partial charge in [0.15, 0.2) is 0 Å². The molecule has 21 heavy (non-hydrogen) atoms. The van der Waals surface area contributed by atoms with E-state index in [-0.39, 0.29) is 0 Å². The molecule has 1 aromatic rings. The summed E-state index contributed by atoms with van der Waals surface area (Å²) in [6, 6.07) is 6.05.